The first-order chi connectivity index (χ1) is 11.1. The Morgan fingerprint density at radius 1 is 1.30 bits per heavy atom. The zero-order valence-corrected chi connectivity index (χ0v) is 14.0. The number of benzene rings is 1. The average molecular weight is 369 g/mol. The van der Waals surface area contributed by atoms with Crippen LogP contribution in [-0.2, 0) is 4.79 Å². The Labute approximate surface area is 144 Å². The molecule has 2 aromatic heterocycles. The Balaban J connectivity index is 1.58. The van der Waals surface area contributed by atoms with Crippen LogP contribution in [0.1, 0.15) is 0 Å². The summed E-state index contributed by atoms with van der Waals surface area (Å²) in [5.74, 6) is -0.875. The van der Waals surface area contributed by atoms with Gasteiger partial charge in [0.25, 0.3) is 5.91 Å². The van der Waals surface area contributed by atoms with Gasteiger partial charge in [0.05, 0.1) is 14.9 Å². The number of hydrogen-bond acceptors (Lipinski definition) is 5. The lowest BCUT2D eigenvalue weighted by Gasteiger charge is -2.06. The van der Waals surface area contributed by atoms with Crippen LogP contribution in [0, 0.1) is 5.82 Å². The fourth-order valence-electron chi connectivity index (χ4n) is 1.76. The van der Waals surface area contributed by atoms with Gasteiger partial charge < -0.3 is 4.74 Å². The van der Waals surface area contributed by atoms with E-state index in [-0.39, 0.29) is 12.4 Å². The highest BCUT2D eigenvalue weighted by atomic mass is 35.5. The minimum Gasteiger partial charge on any atom is -0.481 e. The summed E-state index contributed by atoms with van der Waals surface area (Å²) in [5, 5.41) is 4.90. The molecule has 8 heteroatoms. The van der Waals surface area contributed by atoms with Gasteiger partial charge in [-0.15, -0.1) is 22.7 Å². The number of nitrogens with one attached hydrogen (secondary N) is 1. The molecule has 0 radical (unpaired) electrons. The van der Waals surface area contributed by atoms with Crippen LogP contribution >= 0.6 is 34.3 Å². The van der Waals surface area contributed by atoms with E-state index in [1.807, 2.05) is 11.4 Å². The van der Waals surface area contributed by atoms with E-state index in [9.17, 15) is 9.18 Å². The molecular formula is C15H10ClFN2O2S2. The molecule has 4 nitrogen and oxygen atoms in total. The van der Waals surface area contributed by atoms with Crippen LogP contribution in [0.2, 0.25) is 4.34 Å². The third kappa shape index (κ3) is 4.07. The Kier molecular flexibility index (Phi) is 4.90. The number of carbonyl (C=O) groups excluding carboxylic acids is 1. The molecule has 0 aliphatic heterocycles. The van der Waals surface area contributed by atoms with Crippen LogP contribution in [0.3, 0.4) is 0 Å². The van der Waals surface area contributed by atoms with Gasteiger partial charge in [-0.25, -0.2) is 9.37 Å². The first-order valence-electron chi connectivity index (χ1n) is 6.50. The third-order valence-corrected chi connectivity index (χ3v) is 4.78. The second-order valence-electron chi connectivity index (χ2n) is 4.41. The normalized spacial score (nSPS) is 10.5. The topological polar surface area (TPSA) is 51.2 Å². The Morgan fingerprint density at radius 3 is 2.87 bits per heavy atom. The molecule has 3 aromatic rings. The maximum atomic E-state index is 13.4. The van der Waals surface area contributed by atoms with Gasteiger partial charge in [-0.2, -0.15) is 0 Å². The molecule has 0 saturated heterocycles. The molecule has 1 N–H and O–H groups in total. The number of rotatable bonds is 5. The minimum absolute atomic E-state index is 0.0377. The monoisotopic (exact) mass is 368 g/mol. The fraction of sp³-hybridized carbons (Fsp3) is 0.0667. The quantitative estimate of drug-likeness (QED) is 0.711. The standard InChI is InChI=1S/C15H10ClFN2O2S2/c16-13-6-5-12(23-13)10-8-22-15(18-10)19-14(20)7-21-11-4-2-1-3-9(11)17/h1-6,8H,7H2,(H,18,19,20). The molecule has 0 unspecified atom stereocenters. The number of ether oxygens (including phenoxy) is 1. The predicted octanol–water partition coefficient (Wildman–Crippen LogP) is 4.68. The second kappa shape index (κ2) is 7.08. The van der Waals surface area contributed by atoms with Crippen molar-refractivity contribution in [1.82, 2.24) is 4.98 Å². The van der Waals surface area contributed by atoms with Crippen LogP contribution in [0.4, 0.5) is 9.52 Å². The van der Waals surface area contributed by atoms with Crippen molar-refractivity contribution in [2.45, 2.75) is 0 Å². The van der Waals surface area contributed by atoms with E-state index in [2.05, 4.69) is 10.3 Å². The van der Waals surface area contributed by atoms with Gasteiger partial charge in [0.1, 0.15) is 0 Å². The van der Waals surface area contributed by atoms with E-state index in [1.165, 1.54) is 34.8 Å². The number of para-hydroxylation sites is 1. The number of amides is 1. The lowest BCUT2D eigenvalue weighted by molar-refractivity contribution is -0.118. The number of hydrogen-bond donors (Lipinski definition) is 1. The molecule has 0 spiro atoms. The predicted molar refractivity (Wildman–Crippen MR) is 91.0 cm³/mol. The largest absolute Gasteiger partial charge is 0.481 e. The summed E-state index contributed by atoms with van der Waals surface area (Å²) in [5.41, 5.74) is 0.747. The summed E-state index contributed by atoms with van der Waals surface area (Å²) >= 11 is 8.60. The lowest BCUT2D eigenvalue weighted by atomic mass is 10.3. The smallest absolute Gasteiger partial charge is 0.264 e. The van der Waals surface area contributed by atoms with Crippen molar-refractivity contribution in [3.8, 4) is 16.3 Å². The second-order valence-corrected chi connectivity index (χ2v) is 6.98. The van der Waals surface area contributed by atoms with Gasteiger partial charge in [-0.3, -0.25) is 10.1 Å². The number of thiazole rings is 1. The van der Waals surface area contributed by atoms with E-state index < -0.39 is 11.7 Å². The molecule has 0 aliphatic carbocycles. The SMILES string of the molecule is O=C(COc1ccccc1F)Nc1nc(-c2ccc(Cl)s2)cs1. The summed E-state index contributed by atoms with van der Waals surface area (Å²) < 4.78 is 19.2. The molecule has 1 aromatic carbocycles. The van der Waals surface area contributed by atoms with Gasteiger partial charge in [0.2, 0.25) is 0 Å². The van der Waals surface area contributed by atoms with Crippen molar-refractivity contribution in [3.05, 3.63) is 51.9 Å². The van der Waals surface area contributed by atoms with Crippen LogP contribution in [-0.4, -0.2) is 17.5 Å². The molecule has 3 rings (SSSR count). The highest BCUT2D eigenvalue weighted by Crippen LogP contribution is 2.32. The number of aromatic nitrogens is 1. The summed E-state index contributed by atoms with van der Waals surface area (Å²) in [7, 11) is 0. The van der Waals surface area contributed by atoms with Gasteiger partial charge in [0, 0.05) is 5.38 Å². The van der Waals surface area contributed by atoms with Crippen molar-refractivity contribution in [2.75, 3.05) is 11.9 Å². The third-order valence-electron chi connectivity index (χ3n) is 2.77. The first kappa shape index (κ1) is 15.9. The van der Waals surface area contributed by atoms with Crippen molar-refractivity contribution < 1.29 is 13.9 Å². The first-order valence-corrected chi connectivity index (χ1v) is 8.57. The van der Waals surface area contributed by atoms with Crippen molar-refractivity contribution >= 4 is 45.3 Å². The van der Waals surface area contributed by atoms with Crippen LogP contribution in [0.25, 0.3) is 10.6 Å². The molecule has 0 fully saturated rings. The molecule has 0 saturated carbocycles. The van der Waals surface area contributed by atoms with Crippen LogP contribution in [0.15, 0.2) is 41.8 Å². The summed E-state index contributed by atoms with van der Waals surface area (Å²) in [6, 6.07) is 9.58. The van der Waals surface area contributed by atoms with Crippen molar-refractivity contribution in [2.24, 2.45) is 0 Å². The van der Waals surface area contributed by atoms with Gasteiger partial charge in [-0.05, 0) is 24.3 Å². The maximum absolute atomic E-state index is 13.4. The molecule has 0 atom stereocenters. The molecule has 1 amide bonds. The summed E-state index contributed by atoms with van der Waals surface area (Å²) in [4.78, 5) is 17.1. The van der Waals surface area contributed by atoms with E-state index >= 15 is 0 Å². The summed E-state index contributed by atoms with van der Waals surface area (Å²) in [6.45, 7) is -0.291. The number of anilines is 1. The van der Waals surface area contributed by atoms with Crippen LogP contribution < -0.4 is 10.1 Å². The number of halogens is 2. The van der Waals surface area contributed by atoms with E-state index in [0.29, 0.717) is 9.47 Å². The highest BCUT2D eigenvalue weighted by molar-refractivity contribution is 7.20. The van der Waals surface area contributed by atoms with E-state index in [1.54, 1.807) is 18.2 Å². The Bertz CT molecular complexity index is 834. The molecule has 0 bridgehead atoms. The molecule has 2 heterocycles. The zero-order valence-electron chi connectivity index (χ0n) is 11.6. The Morgan fingerprint density at radius 2 is 2.13 bits per heavy atom. The molecule has 0 aliphatic rings. The number of carbonyl (C=O) groups is 1. The van der Waals surface area contributed by atoms with Gasteiger partial charge >= 0.3 is 0 Å². The lowest BCUT2D eigenvalue weighted by Crippen LogP contribution is -2.20. The van der Waals surface area contributed by atoms with Crippen molar-refractivity contribution in [1.29, 1.82) is 0 Å². The minimum atomic E-state index is -0.508. The number of thiophene rings is 1. The average Bonchev–Trinajstić information content (AvgIpc) is 3.15. The fourth-order valence-corrected chi connectivity index (χ4v) is 3.56. The molecule has 118 valence electrons. The number of nitrogens with zero attached hydrogens (tertiary/aromatic N) is 1. The molecular weight excluding hydrogens is 359 g/mol. The van der Waals surface area contributed by atoms with Gasteiger partial charge in [0.15, 0.2) is 23.3 Å². The van der Waals surface area contributed by atoms with Crippen LogP contribution in [0.5, 0.6) is 5.75 Å². The molecule has 23 heavy (non-hydrogen) atoms. The zero-order chi connectivity index (χ0) is 16.2. The van der Waals surface area contributed by atoms with Crippen molar-refractivity contribution in [3.63, 3.8) is 0 Å². The Hall–Kier alpha value is -1.96. The summed E-state index contributed by atoms with van der Waals surface area (Å²) in [6.07, 6.45) is 0. The van der Waals surface area contributed by atoms with Gasteiger partial charge in [-0.1, -0.05) is 23.7 Å². The van der Waals surface area contributed by atoms with E-state index in [4.69, 9.17) is 16.3 Å². The highest BCUT2D eigenvalue weighted by Gasteiger charge is 2.11. The maximum Gasteiger partial charge on any atom is 0.264 e. The van der Waals surface area contributed by atoms with E-state index in [0.717, 1.165) is 10.6 Å².